The molecule has 0 amide bonds. The van der Waals surface area contributed by atoms with Crippen molar-refractivity contribution in [3.63, 3.8) is 0 Å². The lowest BCUT2D eigenvalue weighted by Gasteiger charge is -2.33. The highest BCUT2D eigenvalue weighted by atomic mass is 35.5. The first kappa shape index (κ1) is 27.8. The number of hydrogen-bond donors (Lipinski definition) is 5. The van der Waals surface area contributed by atoms with E-state index in [1.54, 1.807) is 6.20 Å². The molecule has 204 valence electrons. The zero-order valence-corrected chi connectivity index (χ0v) is 21.3. The van der Waals surface area contributed by atoms with Gasteiger partial charge in [0.15, 0.2) is 6.10 Å². The molecule has 2 fully saturated rings. The van der Waals surface area contributed by atoms with E-state index in [0.29, 0.717) is 55.0 Å². The minimum Gasteiger partial charge on any atom is -0.382 e. The molecular formula is C25H34ClF3N6O2. The molecule has 2 aliphatic rings. The van der Waals surface area contributed by atoms with E-state index in [4.69, 9.17) is 27.1 Å². The number of alkyl halides is 3. The van der Waals surface area contributed by atoms with E-state index in [0.717, 1.165) is 31.2 Å². The van der Waals surface area contributed by atoms with Crippen molar-refractivity contribution in [3.05, 3.63) is 35.5 Å². The highest BCUT2D eigenvalue weighted by Gasteiger charge is 2.38. The number of ether oxygens (including phenoxy) is 1. The number of nitrogens with one attached hydrogen (secondary N) is 3. The van der Waals surface area contributed by atoms with Crippen LogP contribution in [0.1, 0.15) is 38.5 Å². The predicted molar refractivity (Wildman–Crippen MR) is 138 cm³/mol. The summed E-state index contributed by atoms with van der Waals surface area (Å²) in [4.78, 5) is 9.13. The summed E-state index contributed by atoms with van der Waals surface area (Å²) in [5.74, 6) is 1.37. The van der Waals surface area contributed by atoms with E-state index < -0.39 is 18.8 Å². The van der Waals surface area contributed by atoms with E-state index in [-0.39, 0.29) is 17.6 Å². The molecule has 0 bridgehead atoms. The molecular weight excluding hydrogens is 509 g/mol. The van der Waals surface area contributed by atoms with Crippen molar-refractivity contribution >= 4 is 23.2 Å². The summed E-state index contributed by atoms with van der Waals surface area (Å²) < 4.78 is 42.9. The van der Waals surface area contributed by atoms with Gasteiger partial charge >= 0.3 is 6.18 Å². The molecule has 0 aromatic carbocycles. The lowest BCUT2D eigenvalue weighted by Crippen LogP contribution is -2.50. The van der Waals surface area contributed by atoms with Crippen molar-refractivity contribution in [2.75, 3.05) is 36.9 Å². The molecule has 8 nitrogen and oxygen atoms in total. The summed E-state index contributed by atoms with van der Waals surface area (Å²) in [6.07, 6.45) is -0.849. The van der Waals surface area contributed by atoms with Gasteiger partial charge in [-0.15, -0.1) is 0 Å². The van der Waals surface area contributed by atoms with Crippen molar-refractivity contribution in [3.8, 4) is 11.3 Å². The summed E-state index contributed by atoms with van der Waals surface area (Å²) in [7, 11) is 0. The Morgan fingerprint density at radius 2 is 1.84 bits per heavy atom. The largest absolute Gasteiger partial charge is 0.415 e. The van der Waals surface area contributed by atoms with E-state index in [1.165, 1.54) is 0 Å². The number of rotatable bonds is 9. The molecule has 4 rings (SSSR count). The topological polar surface area (TPSA) is 117 Å². The summed E-state index contributed by atoms with van der Waals surface area (Å²) in [5.41, 5.74) is 7.60. The number of pyridine rings is 2. The Morgan fingerprint density at radius 3 is 2.54 bits per heavy atom. The minimum atomic E-state index is -4.61. The van der Waals surface area contributed by atoms with Crippen molar-refractivity contribution in [1.29, 1.82) is 0 Å². The lowest BCUT2D eigenvalue weighted by molar-refractivity contribution is -0.202. The molecule has 1 aliphatic heterocycles. The van der Waals surface area contributed by atoms with Crippen LogP contribution in [-0.2, 0) is 4.74 Å². The SMILES string of the molecule is NC1(CNc2cccc(-c3cc(N[C@H]4CC[C@H](NC[C@H](O)C(F)(F)F)CC4)ncc3Cl)n2)CCOCC1. The molecule has 12 heteroatoms. The molecule has 1 saturated heterocycles. The number of halogens is 4. The Balaban J connectivity index is 1.33. The van der Waals surface area contributed by atoms with E-state index >= 15 is 0 Å². The van der Waals surface area contributed by atoms with Crippen molar-refractivity contribution in [1.82, 2.24) is 15.3 Å². The van der Waals surface area contributed by atoms with Crippen LogP contribution in [0.5, 0.6) is 0 Å². The molecule has 0 radical (unpaired) electrons. The zero-order chi connectivity index (χ0) is 26.5. The van der Waals surface area contributed by atoms with Crippen molar-refractivity contribution in [2.45, 2.75) is 68.4 Å². The third-order valence-electron chi connectivity index (χ3n) is 7.05. The first-order valence-electron chi connectivity index (χ1n) is 12.6. The second-order valence-electron chi connectivity index (χ2n) is 9.94. The van der Waals surface area contributed by atoms with Crippen LogP contribution in [-0.4, -0.2) is 71.3 Å². The highest BCUT2D eigenvalue weighted by Crippen LogP contribution is 2.30. The Labute approximate surface area is 219 Å². The fourth-order valence-corrected chi connectivity index (χ4v) is 4.86. The normalized spacial score (nSPS) is 22.9. The molecule has 1 aliphatic carbocycles. The van der Waals surface area contributed by atoms with Crippen LogP contribution in [0.4, 0.5) is 24.8 Å². The van der Waals surface area contributed by atoms with Crippen molar-refractivity contribution < 1.29 is 23.0 Å². The van der Waals surface area contributed by atoms with Gasteiger partial charge in [-0.3, -0.25) is 0 Å². The average molecular weight is 543 g/mol. The maximum Gasteiger partial charge on any atom is 0.415 e. The lowest BCUT2D eigenvalue weighted by atomic mass is 9.91. The smallest absolute Gasteiger partial charge is 0.382 e. The molecule has 2 aromatic rings. The maximum atomic E-state index is 12.5. The molecule has 37 heavy (non-hydrogen) atoms. The highest BCUT2D eigenvalue weighted by molar-refractivity contribution is 6.33. The fourth-order valence-electron chi connectivity index (χ4n) is 4.66. The van der Waals surface area contributed by atoms with E-state index in [2.05, 4.69) is 20.9 Å². The summed E-state index contributed by atoms with van der Waals surface area (Å²) in [6.45, 7) is 1.42. The number of aliphatic hydroxyl groups is 1. The Kier molecular flexibility index (Phi) is 9.12. The minimum absolute atomic E-state index is 0.0583. The molecule has 0 spiro atoms. The monoisotopic (exact) mass is 542 g/mol. The van der Waals surface area contributed by atoms with Gasteiger partial charge in [0.25, 0.3) is 0 Å². The van der Waals surface area contributed by atoms with Crippen LogP contribution in [0, 0.1) is 0 Å². The van der Waals surface area contributed by atoms with Crippen LogP contribution >= 0.6 is 11.6 Å². The van der Waals surface area contributed by atoms with Gasteiger partial charge in [0.05, 0.1) is 10.7 Å². The van der Waals surface area contributed by atoms with Gasteiger partial charge in [-0.2, -0.15) is 13.2 Å². The van der Waals surface area contributed by atoms with E-state index in [9.17, 15) is 18.3 Å². The number of aromatic nitrogens is 2. The second kappa shape index (κ2) is 12.1. The number of aliphatic hydroxyl groups excluding tert-OH is 1. The van der Waals surface area contributed by atoms with Crippen LogP contribution in [0.2, 0.25) is 5.02 Å². The van der Waals surface area contributed by atoms with Crippen molar-refractivity contribution in [2.24, 2.45) is 5.73 Å². The van der Waals surface area contributed by atoms with Crippen LogP contribution < -0.4 is 21.7 Å². The average Bonchev–Trinajstić information content (AvgIpc) is 2.88. The van der Waals surface area contributed by atoms with Gasteiger partial charge in [0.2, 0.25) is 0 Å². The van der Waals surface area contributed by atoms with Crippen LogP contribution in [0.15, 0.2) is 30.5 Å². The van der Waals surface area contributed by atoms with Gasteiger partial charge in [0, 0.05) is 55.7 Å². The summed E-state index contributed by atoms with van der Waals surface area (Å²) in [5, 5.41) is 19.3. The second-order valence-corrected chi connectivity index (χ2v) is 10.4. The number of hydrogen-bond acceptors (Lipinski definition) is 8. The maximum absolute atomic E-state index is 12.5. The van der Waals surface area contributed by atoms with Gasteiger partial charge < -0.3 is 31.5 Å². The molecule has 2 aromatic heterocycles. The standard InChI is InChI=1S/C25H34ClF3N6O2/c26-19-13-32-23(34-17-6-4-16(5-7-17)31-14-21(36)25(27,28)29)12-18(19)20-2-1-3-22(35-20)33-15-24(30)8-10-37-11-9-24/h1-3,12-13,16-17,21,31,36H,4-11,14-15,30H2,(H,32,34)(H,33,35)/t16-,17-,21-/m0/s1. The summed E-state index contributed by atoms with van der Waals surface area (Å²) >= 11 is 6.46. The molecule has 6 N–H and O–H groups in total. The Morgan fingerprint density at radius 1 is 1.14 bits per heavy atom. The predicted octanol–water partition coefficient (Wildman–Crippen LogP) is 3.95. The number of anilines is 2. The van der Waals surface area contributed by atoms with Gasteiger partial charge in [-0.05, 0) is 56.7 Å². The molecule has 1 atom stereocenters. The van der Waals surface area contributed by atoms with Crippen LogP contribution in [0.25, 0.3) is 11.3 Å². The first-order valence-corrected chi connectivity index (χ1v) is 13.0. The third kappa shape index (κ3) is 7.90. The number of nitrogens with zero attached hydrogens (tertiary/aromatic N) is 2. The van der Waals surface area contributed by atoms with Crippen LogP contribution in [0.3, 0.4) is 0 Å². The fraction of sp³-hybridized carbons (Fsp3) is 0.600. The molecule has 1 saturated carbocycles. The number of nitrogens with two attached hydrogens (primary N) is 1. The Bertz CT molecular complexity index is 1030. The summed E-state index contributed by atoms with van der Waals surface area (Å²) in [6, 6.07) is 7.62. The molecule has 0 unspecified atom stereocenters. The third-order valence-corrected chi connectivity index (χ3v) is 7.35. The van der Waals surface area contributed by atoms with E-state index in [1.807, 2.05) is 24.3 Å². The first-order chi connectivity index (χ1) is 17.6. The molecule has 3 heterocycles. The van der Waals surface area contributed by atoms with Gasteiger partial charge in [0.1, 0.15) is 11.6 Å². The quantitative estimate of drug-likeness (QED) is 0.323. The van der Waals surface area contributed by atoms with Gasteiger partial charge in [-0.1, -0.05) is 17.7 Å². The Hall–Kier alpha value is -2.18. The zero-order valence-electron chi connectivity index (χ0n) is 20.5. The van der Waals surface area contributed by atoms with Gasteiger partial charge in [-0.25, -0.2) is 9.97 Å².